The van der Waals surface area contributed by atoms with Gasteiger partial charge in [-0.15, -0.1) is 0 Å². The van der Waals surface area contributed by atoms with Crippen molar-refractivity contribution in [3.63, 3.8) is 0 Å². The number of likely N-dealkylation sites (tertiary alicyclic amines) is 1. The lowest BCUT2D eigenvalue weighted by Gasteiger charge is -2.38. The number of amides is 3. The average Bonchev–Trinajstić information content (AvgIpc) is 2.82. The predicted molar refractivity (Wildman–Crippen MR) is 150 cm³/mol. The molecule has 0 spiro atoms. The number of rotatable bonds is 7. The molecule has 7 nitrogen and oxygen atoms in total. The summed E-state index contributed by atoms with van der Waals surface area (Å²) in [7, 11) is 0. The van der Waals surface area contributed by atoms with Crippen molar-refractivity contribution in [2.24, 2.45) is 23.2 Å². The van der Waals surface area contributed by atoms with Gasteiger partial charge < -0.3 is 20.4 Å². The number of nitrogens with one attached hydrogen (secondary N) is 2. The second kappa shape index (κ2) is 12.1. The normalized spacial score (nSPS) is 23.0. The van der Waals surface area contributed by atoms with Gasteiger partial charge >= 0.3 is 0 Å². The zero-order chi connectivity index (χ0) is 27.5. The van der Waals surface area contributed by atoms with Crippen LogP contribution in [0.15, 0.2) is 12.1 Å². The molecule has 2 aliphatic heterocycles. The summed E-state index contributed by atoms with van der Waals surface area (Å²) < 4.78 is 0. The van der Waals surface area contributed by atoms with Crippen LogP contribution in [0.2, 0.25) is 5.02 Å². The summed E-state index contributed by atoms with van der Waals surface area (Å²) in [5, 5.41) is 6.50. The molecule has 0 aliphatic carbocycles. The number of hydrogen-bond donors (Lipinski definition) is 2. The van der Waals surface area contributed by atoms with Crippen LogP contribution < -0.4 is 15.5 Å². The van der Waals surface area contributed by atoms with Gasteiger partial charge in [0, 0.05) is 60.5 Å². The summed E-state index contributed by atoms with van der Waals surface area (Å²) in [4.78, 5) is 42.6. The highest BCUT2D eigenvalue weighted by Crippen LogP contribution is 2.31. The standard InChI is InChI=1S/C29H45ClN4O3/c1-8-33(17-21-9-11-34(12-10-21)28(37)29(5,6)7)25-15-22(30)14-23(20(25)4)26(35)31-16-24-18(2)13-19(3)32-27(24)36/h14-15,18-19,21,24H,8-13,16-17H2,1-7H3,(H,31,35)(H,32,36). The van der Waals surface area contributed by atoms with Crippen molar-refractivity contribution < 1.29 is 14.4 Å². The van der Waals surface area contributed by atoms with Crippen LogP contribution in [-0.2, 0) is 9.59 Å². The first-order valence-corrected chi connectivity index (χ1v) is 14.1. The van der Waals surface area contributed by atoms with Crippen LogP contribution in [0.25, 0.3) is 0 Å². The summed E-state index contributed by atoms with van der Waals surface area (Å²) in [6.45, 7) is 17.6. The Morgan fingerprint density at radius 2 is 1.84 bits per heavy atom. The number of nitrogens with zero attached hydrogens (tertiary/aromatic N) is 2. The third-order valence-corrected chi connectivity index (χ3v) is 8.17. The van der Waals surface area contributed by atoms with Gasteiger partial charge in [0.2, 0.25) is 11.8 Å². The first-order chi connectivity index (χ1) is 17.3. The van der Waals surface area contributed by atoms with Gasteiger partial charge in [0.1, 0.15) is 0 Å². The van der Waals surface area contributed by atoms with Crippen LogP contribution in [0, 0.1) is 30.1 Å². The quantitative estimate of drug-likeness (QED) is 0.535. The first-order valence-electron chi connectivity index (χ1n) is 13.7. The third kappa shape index (κ3) is 7.18. The highest BCUT2D eigenvalue weighted by Gasteiger charge is 2.33. The fourth-order valence-electron chi connectivity index (χ4n) is 5.71. The average molecular weight is 533 g/mol. The third-order valence-electron chi connectivity index (χ3n) is 7.95. The Bertz CT molecular complexity index is 998. The van der Waals surface area contributed by atoms with Gasteiger partial charge in [-0.2, -0.15) is 0 Å². The Morgan fingerprint density at radius 1 is 1.19 bits per heavy atom. The lowest BCUT2D eigenvalue weighted by molar-refractivity contribution is -0.140. The second-order valence-electron chi connectivity index (χ2n) is 12.1. The van der Waals surface area contributed by atoms with E-state index in [1.807, 2.05) is 45.6 Å². The molecule has 8 heteroatoms. The maximum Gasteiger partial charge on any atom is 0.251 e. The van der Waals surface area contributed by atoms with Crippen LogP contribution in [0.1, 0.15) is 76.7 Å². The van der Waals surface area contributed by atoms with Crippen molar-refractivity contribution in [1.29, 1.82) is 0 Å². The molecular weight excluding hydrogens is 488 g/mol. The molecule has 3 unspecified atom stereocenters. The molecule has 1 aromatic rings. The number of carbonyl (C=O) groups excluding carboxylic acids is 3. The van der Waals surface area contributed by atoms with Gasteiger partial charge in [-0.25, -0.2) is 0 Å². The predicted octanol–water partition coefficient (Wildman–Crippen LogP) is 4.65. The minimum atomic E-state index is -0.353. The monoisotopic (exact) mass is 532 g/mol. The summed E-state index contributed by atoms with van der Waals surface area (Å²) >= 11 is 6.50. The molecule has 3 amide bonds. The van der Waals surface area contributed by atoms with Gasteiger partial charge in [0.05, 0.1) is 5.92 Å². The largest absolute Gasteiger partial charge is 0.371 e. The molecule has 2 N–H and O–H groups in total. The molecule has 3 atom stereocenters. The van der Waals surface area contributed by atoms with Crippen molar-refractivity contribution in [2.75, 3.05) is 37.6 Å². The van der Waals surface area contributed by atoms with E-state index in [1.165, 1.54) is 0 Å². The molecule has 206 valence electrons. The number of piperidine rings is 2. The molecule has 0 bridgehead atoms. The van der Waals surface area contributed by atoms with E-state index in [1.54, 1.807) is 6.07 Å². The summed E-state index contributed by atoms with van der Waals surface area (Å²) in [5.41, 5.74) is 2.04. The maximum atomic E-state index is 13.2. The van der Waals surface area contributed by atoms with E-state index in [4.69, 9.17) is 11.6 Å². The van der Waals surface area contributed by atoms with E-state index in [2.05, 4.69) is 29.4 Å². The molecular formula is C29H45ClN4O3. The highest BCUT2D eigenvalue weighted by molar-refractivity contribution is 6.31. The molecule has 37 heavy (non-hydrogen) atoms. The molecule has 2 saturated heterocycles. The molecule has 2 heterocycles. The van der Waals surface area contributed by atoms with Crippen LogP contribution in [0.3, 0.4) is 0 Å². The molecule has 0 saturated carbocycles. The van der Waals surface area contributed by atoms with Crippen molar-refractivity contribution in [3.05, 3.63) is 28.3 Å². The zero-order valence-corrected chi connectivity index (χ0v) is 24.4. The minimum absolute atomic E-state index is 0.00228. The smallest absolute Gasteiger partial charge is 0.251 e. The molecule has 0 aromatic heterocycles. The van der Waals surface area contributed by atoms with Crippen molar-refractivity contribution in [3.8, 4) is 0 Å². The Morgan fingerprint density at radius 3 is 2.41 bits per heavy atom. The van der Waals surface area contributed by atoms with Gasteiger partial charge in [-0.1, -0.05) is 39.3 Å². The van der Waals surface area contributed by atoms with Gasteiger partial charge in [-0.05, 0) is 69.6 Å². The van der Waals surface area contributed by atoms with E-state index in [-0.39, 0.29) is 41.0 Å². The van der Waals surface area contributed by atoms with Crippen LogP contribution in [0.5, 0.6) is 0 Å². The summed E-state index contributed by atoms with van der Waals surface area (Å²) in [6.07, 6.45) is 2.83. The van der Waals surface area contributed by atoms with Crippen LogP contribution >= 0.6 is 11.6 Å². The zero-order valence-electron chi connectivity index (χ0n) is 23.6. The molecule has 3 rings (SSSR count). The summed E-state index contributed by atoms with van der Waals surface area (Å²) in [6, 6.07) is 3.82. The van der Waals surface area contributed by atoms with Crippen molar-refractivity contribution in [1.82, 2.24) is 15.5 Å². The van der Waals surface area contributed by atoms with E-state index < -0.39 is 0 Å². The number of anilines is 1. The van der Waals surface area contributed by atoms with E-state index >= 15 is 0 Å². The topological polar surface area (TPSA) is 81.8 Å². The number of halogens is 1. The Kier molecular flexibility index (Phi) is 9.54. The number of hydrogen-bond acceptors (Lipinski definition) is 4. The molecule has 1 aromatic carbocycles. The Balaban J connectivity index is 1.67. The first kappa shape index (κ1) is 29.3. The van der Waals surface area contributed by atoms with E-state index in [9.17, 15) is 14.4 Å². The lowest BCUT2D eigenvalue weighted by atomic mass is 9.84. The number of benzene rings is 1. The number of carbonyl (C=O) groups is 3. The van der Waals surface area contributed by atoms with Crippen LogP contribution in [0.4, 0.5) is 5.69 Å². The fraction of sp³-hybridized carbons (Fsp3) is 0.690. The van der Waals surface area contributed by atoms with Crippen molar-refractivity contribution >= 4 is 35.0 Å². The minimum Gasteiger partial charge on any atom is -0.371 e. The molecule has 0 radical (unpaired) electrons. The van der Waals surface area contributed by atoms with E-state index in [0.717, 1.165) is 56.7 Å². The lowest BCUT2D eigenvalue weighted by Crippen LogP contribution is -2.50. The molecule has 2 fully saturated rings. The van der Waals surface area contributed by atoms with Gasteiger partial charge in [-0.3, -0.25) is 14.4 Å². The Hall–Kier alpha value is -2.28. The van der Waals surface area contributed by atoms with E-state index in [0.29, 0.717) is 23.0 Å². The fourth-order valence-corrected chi connectivity index (χ4v) is 5.92. The van der Waals surface area contributed by atoms with Gasteiger partial charge in [0.15, 0.2) is 0 Å². The summed E-state index contributed by atoms with van der Waals surface area (Å²) in [5.74, 6) is 0.456. The SMILES string of the molecule is CCN(CC1CCN(C(=O)C(C)(C)C)CC1)c1cc(Cl)cc(C(=O)NCC2C(=O)NC(C)CC2C)c1C. The Labute approximate surface area is 227 Å². The van der Waals surface area contributed by atoms with Crippen LogP contribution in [-0.4, -0.2) is 61.4 Å². The van der Waals surface area contributed by atoms with Crippen molar-refractivity contribution in [2.45, 2.75) is 73.8 Å². The van der Waals surface area contributed by atoms with Gasteiger partial charge in [0.25, 0.3) is 5.91 Å². The molecule has 2 aliphatic rings. The highest BCUT2D eigenvalue weighted by atomic mass is 35.5. The maximum absolute atomic E-state index is 13.2. The second-order valence-corrected chi connectivity index (χ2v) is 12.5.